The summed E-state index contributed by atoms with van der Waals surface area (Å²) >= 11 is 0. The van der Waals surface area contributed by atoms with E-state index in [2.05, 4.69) is 35.2 Å². The van der Waals surface area contributed by atoms with Gasteiger partial charge in [0.2, 0.25) is 0 Å². The predicted molar refractivity (Wildman–Crippen MR) is 112 cm³/mol. The van der Waals surface area contributed by atoms with Gasteiger partial charge in [0.25, 0.3) is 0 Å². The highest BCUT2D eigenvalue weighted by Crippen LogP contribution is 2.43. The van der Waals surface area contributed by atoms with Crippen LogP contribution in [0.3, 0.4) is 0 Å². The van der Waals surface area contributed by atoms with E-state index in [9.17, 15) is 14.3 Å². The maximum Gasteiger partial charge on any atom is 0.307 e. The molecule has 0 spiro atoms. The molecule has 1 fully saturated rings. The molecule has 2 aromatic carbocycles. The van der Waals surface area contributed by atoms with Crippen molar-refractivity contribution in [2.75, 3.05) is 18.0 Å². The summed E-state index contributed by atoms with van der Waals surface area (Å²) in [6.45, 7) is 4.14. The van der Waals surface area contributed by atoms with Crippen molar-refractivity contribution in [2.45, 2.75) is 32.6 Å². The number of rotatable bonds is 4. The number of allylic oxidation sites excluding steroid dienone is 2. The fraction of sp³-hybridized carbons (Fsp3) is 0.292. The lowest BCUT2D eigenvalue weighted by atomic mass is 10.0. The Bertz CT molecular complexity index is 967. The quantitative estimate of drug-likeness (QED) is 0.752. The van der Waals surface area contributed by atoms with Gasteiger partial charge in [0, 0.05) is 18.8 Å². The Hall–Kier alpha value is -2.88. The maximum atomic E-state index is 13.8. The number of carboxylic acid groups (broad SMARTS) is 1. The molecule has 0 saturated carbocycles. The Kier molecular flexibility index (Phi) is 5.03. The lowest BCUT2D eigenvalue weighted by molar-refractivity contribution is -0.135. The number of fused-ring (bicyclic) bond motifs is 1. The van der Waals surface area contributed by atoms with Crippen LogP contribution in [0.2, 0.25) is 0 Å². The third-order valence-electron chi connectivity index (χ3n) is 5.71. The second-order valence-corrected chi connectivity index (χ2v) is 7.56. The Morgan fingerprint density at radius 2 is 1.79 bits per heavy atom. The number of carboxylic acids is 1. The smallest absolute Gasteiger partial charge is 0.307 e. The summed E-state index contributed by atoms with van der Waals surface area (Å²) in [6, 6.07) is 13.1. The first kappa shape index (κ1) is 18.5. The molecule has 1 aliphatic heterocycles. The number of hydrogen-bond donors (Lipinski definition) is 1. The number of aliphatic carboxylic acids is 1. The molecule has 1 heterocycles. The van der Waals surface area contributed by atoms with Crippen LogP contribution in [0, 0.1) is 5.82 Å². The molecule has 28 heavy (non-hydrogen) atoms. The fourth-order valence-electron chi connectivity index (χ4n) is 4.23. The lowest BCUT2D eigenvalue weighted by Gasteiger charge is -2.28. The summed E-state index contributed by atoms with van der Waals surface area (Å²) in [6.07, 6.45) is 5.77. The molecule has 0 atom stereocenters. The first-order valence-corrected chi connectivity index (χ1v) is 9.82. The van der Waals surface area contributed by atoms with Crippen molar-refractivity contribution >= 4 is 28.9 Å². The second-order valence-electron chi connectivity index (χ2n) is 7.56. The minimum atomic E-state index is -0.906. The molecule has 1 N–H and O–H groups in total. The van der Waals surface area contributed by atoms with Crippen molar-refractivity contribution in [1.82, 2.24) is 0 Å². The van der Waals surface area contributed by atoms with E-state index in [1.54, 1.807) is 6.07 Å². The molecule has 0 radical (unpaired) electrons. The van der Waals surface area contributed by atoms with Crippen LogP contribution in [0.1, 0.15) is 49.3 Å². The first-order valence-electron chi connectivity index (χ1n) is 9.82. The van der Waals surface area contributed by atoms with Gasteiger partial charge in [-0.05, 0) is 89.9 Å². The molecule has 2 aliphatic rings. The minimum absolute atomic E-state index is 0.104. The van der Waals surface area contributed by atoms with Crippen LogP contribution in [0.5, 0.6) is 0 Å². The van der Waals surface area contributed by atoms with E-state index in [4.69, 9.17) is 0 Å². The Morgan fingerprint density at radius 1 is 1.07 bits per heavy atom. The average molecular weight is 377 g/mol. The monoisotopic (exact) mass is 377 g/mol. The molecule has 1 aliphatic carbocycles. The molecule has 0 amide bonds. The van der Waals surface area contributed by atoms with Gasteiger partial charge in [-0.3, -0.25) is 4.79 Å². The summed E-state index contributed by atoms with van der Waals surface area (Å²) in [5.41, 5.74) is 6.46. The fourth-order valence-corrected chi connectivity index (χ4v) is 4.23. The van der Waals surface area contributed by atoms with Crippen molar-refractivity contribution in [2.24, 2.45) is 0 Å². The van der Waals surface area contributed by atoms with E-state index in [0.29, 0.717) is 11.1 Å². The molecule has 144 valence electrons. The zero-order valence-electron chi connectivity index (χ0n) is 16.0. The Morgan fingerprint density at radius 3 is 2.46 bits per heavy atom. The number of nitrogens with zero attached hydrogens (tertiary/aromatic N) is 1. The van der Waals surface area contributed by atoms with Gasteiger partial charge >= 0.3 is 5.97 Å². The van der Waals surface area contributed by atoms with Crippen LogP contribution in [-0.4, -0.2) is 24.2 Å². The number of hydrogen-bond acceptors (Lipinski definition) is 2. The van der Waals surface area contributed by atoms with Crippen LogP contribution >= 0.6 is 0 Å². The molecule has 1 saturated heterocycles. The van der Waals surface area contributed by atoms with Crippen LogP contribution < -0.4 is 4.90 Å². The summed E-state index contributed by atoms with van der Waals surface area (Å²) in [5.74, 6) is -1.25. The molecule has 0 aromatic heterocycles. The topological polar surface area (TPSA) is 40.5 Å². The second kappa shape index (κ2) is 7.63. The SMILES string of the molecule is CC1=C(CC(=O)O)c2cc(F)ccc2/C1=C\c1ccc(N2CCCCC2)cc1. The van der Waals surface area contributed by atoms with Crippen molar-refractivity contribution in [3.05, 3.63) is 70.5 Å². The summed E-state index contributed by atoms with van der Waals surface area (Å²) < 4.78 is 13.8. The van der Waals surface area contributed by atoms with Crippen LogP contribution in [0.15, 0.2) is 48.0 Å². The van der Waals surface area contributed by atoms with Gasteiger partial charge in [-0.25, -0.2) is 4.39 Å². The highest BCUT2D eigenvalue weighted by Gasteiger charge is 2.25. The van der Waals surface area contributed by atoms with E-state index >= 15 is 0 Å². The van der Waals surface area contributed by atoms with E-state index in [1.807, 2.05) is 6.92 Å². The van der Waals surface area contributed by atoms with Gasteiger partial charge in [-0.1, -0.05) is 18.2 Å². The maximum absolute atomic E-state index is 13.8. The largest absolute Gasteiger partial charge is 0.481 e. The van der Waals surface area contributed by atoms with Gasteiger partial charge in [-0.15, -0.1) is 0 Å². The van der Waals surface area contributed by atoms with Gasteiger partial charge in [-0.2, -0.15) is 0 Å². The third-order valence-corrected chi connectivity index (χ3v) is 5.71. The van der Waals surface area contributed by atoms with E-state index in [1.165, 1.54) is 37.1 Å². The van der Waals surface area contributed by atoms with Gasteiger partial charge < -0.3 is 10.0 Å². The lowest BCUT2D eigenvalue weighted by Crippen LogP contribution is -2.29. The molecule has 4 rings (SSSR count). The minimum Gasteiger partial charge on any atom is -0.481 e. The van der Waals surface area contributed by atoms with Crippen molar-refractivity contribution in [3.63, 3.8) is 0 Å². The van der Waals surface area contributed by atoms with E-state index < -0.39 is 5.97 Å². The van der Waals surface area contributed by atoms with Gasteiger partial charge in [0.15, 0.2) is 0 Å². The van der Waals surface area contributed by atoms with Crippen molar-refractivity contribution in [1.29, 1.82) is 0 Å². The number of piperidine rings is 1. The van der Waals surface area contributed by atoms with E-state index in [0.717, 1.165) is 35.4 Å². The predicted octanol–water partition coefficient (Wildman–Crippen LogP) is 5.62. The molecule has 0 bridgehead atoms. The molecular weight excluding hydrogens is 353 g/mol. The highest BCUT2D eigenvalue weighted by atomic mass is 19.1. The van der Waals surface area contributed by atoms with Gasteiger partial charge in [0.05, 0.1) is 6.42 Å². The summed E-state index contributed by atoms with van der Waals surface area (Å²) in [7, 11) is 0. The number of carbonyl (C=O) groups is 1. The molecular formula is C24H24FNO2. The normalized spacial score (nSPS) is 17.9. The molecule has 4 heteroatoms. The first-order chi connectivity index (χ1) is 13.5. The highest BCUT2D eigenvalue weighted by molar-refractivity contribution is 6.07. The van der Waals surface area contributed by atoms with E-state index in [-0.39, 0.29) is 12.2 Å². The molecule has 0 unspecified atom stereocenters. The van der Waals surface area contributed by atoms with Gasteiger partial charge in [0.1, 0.15) is 5.82 Å². The Balaban J connectivity index is 1.68. The van der Waals surface area contributed by atoms with Crippen molar-refractivity contribution in [3.8, 4) is 0 Å². The summed E-state index contributed by atoms with van der Waals surface area (Å²) in [4.78, 5) is 13.7. The van der Waals surface area contributed by atoms with Crippen LogP contribution in [-0.2, 0) is 4.79 Å². The third kappa shape index (κ3) is 3.59. The number of anilines is 1. The van der Waals surface area contributed by atoms with Crippen molar-refractivity contribution < 1.29 is 14.3 Å². The molecule has 3 nitrogen and oxygen atoms in total. The number of benzene rings is 2. The molecule has 2 aromatic rings. The van der Waals surface area contributed by atoms with Crippen LogP contribution in [0.25, 0.3) is 17.2 Å². The summed E-state index contributed by atoms with van der Waals surface area (Å²) in [5, 5.41) is 9.26. The zero-order chi connectivity index (χ0) is 19.7. The standard InChI is InChI=1S/C24H24FNO2/c1-16-21(20-10-7-18(25)14-23(20)22(16)15-24(27)28)13-17-5-8-19(9-6-17)26-11-3-2-4-12-26/h5-10,13-14H,2-4,11-12,15H2,1H3,(H,27,28)/b21-13-. The zero-order valence-corrected chi connectivity index (χ0v) is 16.0. The average Bonchev–Trinajstić information content (AvgIpc) is 2.94. The Labute approximate surface area is 164 Å². The number of halogens is 1. The van der Waals surface area contributed by atoms with Crippen LogP contribution in [0.4, 0.5) is 10.1 Å².